The Balaban J connectivity index is 1.91. The lowest BCUT2D eigenvalue weighted by Crippen LogP contribution is -2.49. The van der Waals surface area contributed by atoms with Crippen molar-refractivity contribution in [3.05, 3.63) is 17.7 Å². The van der Waals surface area contributed by atoms with Gasteiger partial charge in [-0.15, -0.1) is 0 Å². The molecule has 2 fully saturated rings. The van der Waals surface area contributed by atoms with Gasteiger partial charge in [0.25, 0.3) is 5.91 Å². The highest BCUT2D eigenvalue weighted by molar-refractivity contribution is 5.96. The number of ether oxygens (including phenoxy) is 3. The third-order valence-electron chi connectivity index (χ3n) is 5.42. The second-order valence-corrected chi connectivity index (χ2v) is 6.67. The summed E-state index contributed by atoms with van der Waals surface area (Å²) in [7, 11) is 4.71. The van der Waals surface area contributed by atoms with Gasteiger partial charge in [-0.25, -0.2) is 0 Å². The summed E-state index contributed by atoms with van der Waals surface area (Å²) >= 11 is 0. The number of methoxy groups -OCH3 is 3. The topological polar surface area (TPSA) is 48.0 Å². The molecule has 2 aliphatic rings. The van der Waals surface area contributed by atoms with Crippen molar-refractivity contribution in [1.29, 1.82) is 0 Å². The molecule has 1 saturated heterocycles. The van der Waals surface area contributed by atoms with Crippen molar-refractivity contribution in [3.63, 3.8) is 0 Å². The quantitative estimate of drug-likeness (QED) is 0.846. The van der Waals surface area contributed by atoms with Crippen LogP contribution in [0.25, 0.3) is 0 Å². The fourth-order valence-electron chi connectivity index (χ4n) is 4.25. The van der Waals surface area contributed by atoms with Crippen molar-refractivity contribution in [2.24, 2.45) is 5.92 Å². The first-order valence-corrected chi connectivity index (χ1v) is 8.80. The highest BCUT2D eigenvalue weighted by atomic mass is 16.5. The van der Waals surface area contributed by atoms with Crippen LogP contribution in [-0.2, 0) is 0 Å². The van der Waals surface area contributed by atoms with Gasteiger partial charge in [0.15, 0.2) is 11.5 Å². The van der Waals surface area contributed by atoms with E-state index in [1.165, 1.54) is 25.7 Å². The van der Waals surface area contributed by atoms with Gasteiger partial charge < -0.3 is 19.1 Å². The van der Waals surface area contributed by atoms with E-state index in [9.17, 15) is 4.79 Å². The minimum atomic E-state index is 0.0749. The van der Waals surface area contributed by atoms with Crippen LogP contribution in [0, 0.1) is 5.92 Å². The number of carbonyl (C=O) groups is 1. The van der Waals surface area contributed by atoms with E-state index in [1.54, 1.807) is 33.5 Å². The molecule has 2 atom stereocenters. The van der Waals surface area contributed by atoms with Crippen molar-refractivity contribution >= 4 is 5.91 Å². The fourth-order valence-corrected chi connectivity index (χ4v) is 4.25. The van der Waals surface area contributed by atoms with E-state index in [0.29, 0.717) is 34.8 Å². The maximum Gasteiger partial charge on any atom is 0.254 e. The van der Waals surface area contributed by atoms with E-state index in [2.05, 4.69) is 4.90 Å². The molecule has 0 unspecified atom stereocenters. The molecule has 24 heavy (non-hydrogen) atoms. The smallest absolute Gasteiger partial charge is 0.254 e. The van der Waals surface area contributed by atoms with E-state index >= 15 is 0 Å². The number of hydrogen-bond acceptors (Lipinski definition) is 4. The lowest BCUT2D eigenvalue weighted by molar-refractivity contribution is 0.0390. The number of likely N-dealkylation sites (tertiary alicyclic amines) is 1. The third-order valence-corrected chi connectivity index (χ3v) is 5.42. The van der Waals surface area contributed by atoms with E-state index < -0.39 is 0 Å². The molecule has 5 nitrogen and oxygen atoms in total. The second kappa shape index (κ2) is 7.32. The fraction of sp³-hybridized carbons (Fsp3) is 0.632. The molecule has 1 amide bonds. The summed E-state index contributed by atoms with van der Waals surface area (Å²) in [6.45, 7) is 0.844. The van der Waals surface area contributed by atoms with Gasteiger partial charge in [-0.2, -0.15) is 0 Å². The number of carbonyl (C=O) groups excluding carboxylic acids is 1. The lowest BCUT2D eigenvalue weighted by Gasteiger charge is -2.44. The van der Waals surface area contributed by atoms with Gasteiger partial charge in [0, 0.05) is 18.2 Å². The first-order valence-electron chi connectivity index (χ1n) is 8.80. The predicted octanol–water partition coefficient (Wildman–Crippen LogP) is 3.51. The number of piperidine rings is 1. The summed E-state index contributed by atoms with van der Waals surface area (Å²) in [5, 5.41) is 0. The first kappa shape index (κ1) is 16.9. The number of benzene rings is 1. The molecule has 1 aliphatic carbocycles. The number of hydrogen-bond donors (Lipinski definition) is 0. The molecule has 1 heterocycles. The SMILES string of the molecule is COc1cc(C(=O)N2CCC[C@H]3CCCC[C@H]32)cc(OC)c1OC. The summed E-state index contributed by atoms with van der Waals surface area (Å²) in [5.74, 6) is 2.31. The number of nitrogens with zero attached hydrogens (tertiary/aromatic N) is 1. The highest BCUT2D eigenvalue weighted by Gasteiger charge is 2.36. The summed E-state index contributed by atoms with van der Waals surface area (Å²) < 4.78 is 16.1. The monoisotopic (exact) mass is 333 g/mol. The van der Waals surface area contributed by atoms with Gasteiger partial charge in [0.05, 0.1) is 21.3 Å². The molecule has 5 heteroatoms. The number of amides is 1. The minimum Gasteiger partial charge on any atom is -0.493 e. The van der Waals surface area contributed by atoms with Crippen molar-refractivity contribution in [1.82, 2.24) is 4.90 Å². The Bertz CT molecular complexity index is 574. The third kappa shape index (κ3) is 3.04. The number of fused-ring (bicyclic) bond motifs is 1. The highest BCUT2D eigenvalue weighted by Crippen LogP contribution is 2.40. The summed E-state index contributed by atoms with van der Waals surface area (Å²) in [5.41, 5.74) is 0.607. The van der Waals surface area contributed by atoms with Crippen molar-refractivity contribution < 1.29 is 19.0 Å². The molecule has 0 aromatic heterocycles. The van der Waals surface area contributed by atoms with Crippen LogP contribution in [-0.4, -0.2) is 44.7 Å². The lowest BCUT2D eigenvalue weighted by atomic mass is 9.78. The van der Waals surface area contributed by atoms with E-state index in [-0.39, 0.29) is 5.91 Å². The summed E-state index contributed by atoms with van der Waals surface area (Å²) in [6, 6.07) is 3.91. The zero-order valence-electron chi connectivity index (χ0n) is 14.8. The summed E-state index contributed by atoms with van der Waals surface area (Å²) in [6.07, 6.45) is 7.25. The number of rotatable bonds is 4. The first-order chi connectivity index (χ1) is 11.7. The van der Waals surface area contributed by atoms with E-state index in [1.807, 2.05) is 0 Å². The molecular formula is C19H27NO4. The van der Waals surface area contributed by atoms with Crippen LogP contribution in [0.1, 0.15) is 48.9 Å². The molecule has 0 radical (unpaired) electrons. The standard InChI is InChI=1S/C19H27NO4/c1-22-16-11-14(12-17(23-2)18(16)24-3)19(21)20-10-6-8-13-7-4-5-9-15(13)20/h11-13,15H,4-10H2,1-3H3/t13-,15-/m1/s1. The molecule has 0 spiro atoms. The molecule has 0 N–H and O–H groups in total. The maximum absolute atomic E-state index is 13.2. The second-order valence-electron chi connectivity index (χ2n) is 6.67. The van der Waals surface area contributed by atoms with Crippen LogP contribution in [0.15, 0.2) is 12.1 Å². The average molecular weight is 333 g/mol. The van der Waals surface area contributed by atoms with Gasteiger partial charge in [0.1, 0.15) is 0 Å². The van der Waals surface area contributed by atoms with Crippen LogP contribution in [0.5, 0.6) is 17.2 Å². The van der Waals surface area contributed by atoms with Crippen molar-refractivity contribution in [2.75, 3.05) is 27.9 Å². The maximum atomic E-state index is 13.2. The normalized spacial score (nSPS) is 23.4. The van der Waals surface area contributed by atoms with Crippen LogP contribution in [0.4, 0.5) is 0 Å². The molecule has 0 bridgehead atoms. The Kier molecular flexibility index (Phi) is 5.17. The Morgan fingerprint density at radius 3 is 2.21 bits per heavy atom. The molecule has 1 aliphatic heterocycles. The van der Waals surface area contributed by atoms with Gasteiger partial charge in [-0.3, -0.25) is 4.79 Å². The summed E-state index contributed by atoms with van der Waals surface area (Å²) in [4.78, 5) is 15.2. The Morgan fingerprint density at radius 2 is 1.58 bits per heavy atom. The zero-order valence-corrected chi connectivity index (χ0v) is 14.8. The largest absolute Gasteiger partial charge is 0.493 e. The predicted molar refractivity (Wildman–Crippen MR) is 92.1 cm³/mol. The van der Waals surface area contributed by atoms with Crippen LogP contribution in [0.2, 0.25) is 0 Å². The molecule has 1 saturated carbocycles. The Hall–Kier alpha value is -1.91. The van der Waals surface area contributed by atoms with E-state index in [4.69, 9.17) is 14.2 Å². The minimum absolute atomic E-state index is 0.0749. The van der Waals surface area contributed by atoms with Crippen molar-refractivity contribution in [3.8, 4) is 17.2 Å². The molecular weight excluding hydrogens is 306 g/mol. The zero-order chi connectivity index (χ0) is 17.1. The Labute approximate surface area is 143 Å². The van der Waals surface area contributed by atoms with Crippen LogP contribution < -0.4 is 14.2 Å². The van der Waals surface area contributed by atoms with Gasteiger partial charge in [-0.05, 0) is 43.7 Å². The van der Waals surface area contributed by atoms with Crippen molar-refractivity contribution in [2.45, 2.75) is 44.6 Å². The molecule has 132 valence electrons. The molecule has 3 rings (SSSR count). The van der Waals surface area contributed by atoms with Gasteiger partial charge in [-0.1, -0.05) is 12.8 Å². The van der Waals surface area contributed by atoms with Gasteiger partial charge in [0.2, 0.25) is 5.75 Å². The molecule has 1 aromatic rings. The van der Waals surface area contributed by atoms with Gasteiger partial charge >= 0.3 is 0 Å². The van der Waals surface area contributed by atoms with E-state index in [0.717, 1.165) is 19.4 Å². The van der Waals surface area contributed by atoms with Crippen LogP contribution in [0.3, 0.4) is 0 Å². The molecule has 1 aromatic carbocycles. The average Bonchev–Trinajstić information content (AvgIpc) is 2.65. The van der Waals surface area contributed by atoms with Crippen LogP contribution >= 0.6 is 0 Å². The Morgan fingerprint density at radius 1 is 0.958 bits per heavy atom.